The van der Waals surface area contributed by atoms with Gasteiger partial charge in [0, 0.05) is 26.6 Å². The predicted octanol–water partition coefficient (Wildman–Crippen LogP) is 2.53. The van der Waals surface area contributed by atoms with E-state index in [0.717, 1.165) is 0 Å². The van der Waals surface area contributed by atoms with Crippen LogP contribution in [0.3, 0.4) is 0 Å². The summed E-state index contributed by atoms with van der Waals surface area (Å²) in [6.45, 7) is 15.7. The van der Waals surface area contributed by atoms with Gasteiger partial charge in [-0.15, -0.1) is 18.9 Å². The van der Waals surface area contributed by atoms with Gasteiger partial charge < -0.3 is 26.2 Å². The van der Waals surface area contributed by atoms with Crippen LogP contribution in [0.2, 0.25) is 0 Å². The molecule has 0 bridgehead atoms. The van der Waals surface area contributed by atoms with Gasteiger partial charge in [0.05, 0.1) is 6.04 Å². The molecule has 3 atom stereocenters. The summed E-state index contributed by atoms with van der Waals surface area (Å²) < 4.78 is 0. The summed E-state index contributed by atoms with van der Waals surface area (Å²) in [5.74, 6) is 1.62. The molecule has 0 radical (unpaired) electrons. The molecule has 216 valence electrons. The molecule has 1 aliphatic rings. The number of nitrogens with one attached hydrogen (secondary N) is 4. The Labute approximate surface area is 229 Å². The number of urea groups is 1. The molecule has 10 nitrogen and oxygen atoms in total. The van der Waals surface area contributed by atoms with Crippen molar-refractivity contribution in [3.8, 4) is 12.3 Å². The molecule has 1 heterocycles. The van der Waals surface area contributed by atoms with Gasteiger partial charge in [-0.25, -0.2) is 4.79 Å². The minimum Gasteiger partial charge on any atom is -0.355 e. The number of ketones is 1. The number of likely N-dealkylation sites (tertiary alicyclic amines) is 1. The second kappa shape index (κ2) is 20.7. The average molecular weight is 536 g/mol. The predicted molar refractivity (Wildman–Crippen MR) is 151 cm³/mol. The smallest absolute Gasteiger partial charge is 0.315 e. The summed E-state index contributed by atoms with van der Waals surface area (Å²) in [5, 5.41) is 10.3. The van der Waals surface area contributed by atoms with Crippen molar-refractivity contribution in [2.45, 2.75) is 98.2 Å². The van der Waals surface area contributed by atoms with Crippen molar-refractivity contribution in [2.75, 3.05) is 20.1 Å². The molecule has 1 rings (SSSR count). The van der Waals surface area contributed by atoms with E-state index in [0.29, 0.717) is 45.2 Å². The Bertz CT molecular complexity index is 790. The van der Waals surface area contributed by atoms with E-state index in [1.165, 1.54) is 31.7 Å². The Balaban J connectivity index is 0. The number of carbonyl (C=O) groups excluding carboxylic acids is 5. The van der Waals surface area contributed by atoms with E-state index in [4.69, 9.17) is 6.42 Å². The molecule has 10 heteroatoms. The number of amides is 5. The Hall–Kier alpha value is -3.35. The highest BCUT2D eigenvalue weighted by Crippen LogP contribution is 2.26. The number of hydrogen-bond acceptors (Lipinski definition) is 5. The van der Waals surface area contributed by atoms with Gasteiger partial charge in [-0.3, -0.25) is 19.2 Å². The molecular weight excluding hydrogens is 486 g/mol. The van der Waals surface area contributed by atoms with E-state index in [1.54, 1.807) is 6.08 Å². The van der Waals surface area contributed by atoms with Gasteiger partial charge in [-0.05, 0) is 31.6 Å². The molecule has 0 aliphatic carbocycles. The van der Waals surface area contributed by atoms with Crippen molar-refractivity contribution in [3.63, 3.8) is 0 Å². The van der Waals surface area contributed by atoms with Crippen molar-refractivity contribution >= 4 is 30.0 Å². The summed E-state index contributed by atoms with van der Waals surface area (Å²) in [4.78, 5) is 60.4. The SMILES string of the molecule is C#CCCC(NC(=O)C1CCCN1C(=O)C(NC(=O)NC)C(C)(C)C)C(C)=O.C=CCNC=O.CCCC. The lowest BCUT2D eigenvalue weighted by Crippen LogP contribution is -2.59. The van der Waals surface area contributed by atoms with Crippen LogP contribution in [0.15, 0.2) is 12.7 Å². The van der Waals surface area contributed by atoms with Gasteiger partial charge >= 0.3 is 6.03 Å². The van der Waals surface area contributed by atoms with Crippen LogP contribution in [0.1, 0.15) is 80.1 Å². The van der Waals surface area contributed by atoms with Crippen LogP contribution < -0.4 is 21.3 Å². The van der Waals surface area contributed by atoms with Crippen molar-refractivity contribution < 1.29 is 24.0 Å². The monoisotopic (exact) mass is 535 g/mol. The lowest BCUT2D eigenvalue weighted by molar-refractivity contribution is -0.142. The van der Waals surface area contributed by atoms with Crippen molar-refractivity contribution in [2.24, 2.45) is 5.41 Å². The van der Waals surface area contributed by atoms with Gasteiger partial charge in [0.25, 0.3) is 0 Å². The summed E-state index contributed by atoms with van der Waals surface area (Å²) in [6.07, 6.45) is 12.1. The maximum absolute atomic E-state index is 13.2. The van der Waals surface area contributed by atoms with Crippen molar-refractivity contribution in [1.82, 2.24) is 26.2 Å². The summed E-state index contributed by atoms with van der Waals surface area (Å²) in [5.41, 5.74) is -0.540. The second-order valence-electron chi connectivity index (χ2n) is 9.94. The molecule has 0 saturated carbocycles. The fourth-order valence-corrected chi connectivity index (χ4v) is 3.32. The number of hydrogen-bond donors (Lipinski definition) is 4. The number of unbranched alkanes of at least 4 members (excludes halogenated alkanes) is 1. The third-order valence-corrected chi connectivity index (χ3v) is 5.68. The summed E-state index contributed by atoms with van der Waals surface area (Å²) >= 11 is 0. The van der Waals surface area contributed by atoms with Crippen LogP contribution in [0, 0.1) is 17.8 Å². The third kappa shape index (κ3) is 15.0. The first-order valence-corrected chi connectivity index (χ1v) is 13.2. The van der Waals surface area contributed by atoms with Gasteiger partial charge in [-0.1, -0.05) is 53.5 Å². The van der Waals surface area contributed by atoms with E-state index >= 15 is 0 Å². The Kier molecular flexibility index (Phi) is 20.0. The first-order chi connectivity index (χ1) is 17.9. The Morgan fingerprint density at radius 2 is 1.76 bits per heavy atom. The van der Waals surface area contributed by atoms with Gasteiger partial charge in [0.2, 0.25) is 18.2 Å². The topological polar surface area (TPSA) is 137 Å². The maximum atomic E-state index is 13.2. The molecule has 38 heavy (non-hydrogen) atoms. The minimum absolute atomic E-state index is 0.173. The van der Waals surface area contributed by atoms with E-state index < -0.39 is 29.6 Å². The van der Waals surface area contributed by atoms with E-state index in [9.17, 15) is 24.0 Å². The number of terminal acetylenes is 1. The first-order valence-electron chi connectivity index (χ1n) is 13.2. The zero-order valence-electron chi connectivity index (χ0n) is 24.3. The number of carbonyl (C=O) groups is 5. The van der Waals surface area contributed by atoms with Crippen molar-refractivity contribution in [3.05, 3.63) is 12.7 Å². The lowest BCUT2D eigenvalue weighted by atomic mass is 9.85. The molecule has 0 aromatic rings. The van der Waals surface area contributed by atoms with Crippen LogP contribution in [0.25, 0.3) is 0 Å². The van der Waals surface area contributed by atoms with Crippen molar-refractivity contribution in [1.29, 1.82) is 0 Å². The van der Waals surface area contributed by atoms with Crippen LogP contribution in [0.5, 0.6) is 0 Å². The zero-order chi connectivity index (χ0) is 29.7. The molecule has 0 aromatic heterocycles. The van der Waals surface area contributed by atoms with Gasteiger partial charge in [0.15, 0.2) is 5.78 Å². The van der Waals surface area contributed by atoms with E-state index in [2.05, 4.69) is 47.6 Å². The van der Waals surface area contributed by atoms with Crippen LogP contribution in [-0.4, -0.2) is 73.2 Å². The van der Waals surface area contributed by atoms with Gasteiger partial charge in [0.1, 0.15) is 12.1 Å². The molecule has 4 N–H and O–H groups in total. The van der Waals surface area contributed by atoms with Gasteiger partial charge in [-0.2, -0.15) is 0 Å². The molecule has 1 fully saturated rings. The van der Waals surface area contributed by atoms with Crippen LogP contribution in [-0.2, 0) is 19.2 Å². The van der Waals surface area contributed by atoms with Crippen LogP contribution >= 0.6 is 0 Å². The van der Waals surface area contributed by atoms with E-state index in [-0.39, 0.29) is 17.6 Å². The lowest BCUT2D eigenvalue weighted by Gasteiger charge is -2.35. The highest BCUT2D eigenvalue weighted by molar-refractivity contribution is 5.94. The highest BCUT2D eigenvalue weighted by atomic mass is 16.2. The second-order valence-corrected chi connectivity index (χ2v) is 9.94. The third-order valence-electron chi connectivity index (χ3n) is 5.68. The normalized spacial score (nSPS) is 15.5. The van der Waals surface area contributed by atoms with Crippen LogP contribution in [0.4, 0.5) is 4.79 Å². The molecular formula is C28H49N5O5. The largest absolute Gasteiger partial charge is 0.355 e. The zero-order valence-corrected chi connectivity index (χ0v) is 24.3. The summed E-state index contributed by atoms with van der Waals surface area (Å²) in [7, 11) is 1.48. The van der Waals surface area contributed by atoms with E-state index in [1.807, 2.05) is 20.8 Å². The molecule has 5 amide bonds. The fourth-order valence-electron chi connectivity index (χ4n) is 3.32. The highest BCUT2D eigenvalue weighted by Gasteiger charge is 2.42. The molecule has 0 aromatic carbocycles. The average Bonchev–Trinajstić information content (AvgIpc) is 3.37. The molecule has 1 saturated heterocycles. The number of Topliss-reactive ketones (excluding diaryl/α,β-unsaturated/α-hetero) is 1. The quantitative estimate of drug-likeness (QED) is 0.139. The molecule has 1 aliphatic heterocycles. The summed E-state index contributed by atoms with van der Waals surface area (Å²) in [6, 6.07) is -2.58. The fraction of sp³-hybridized carbons (Fsp3) is 0.679. The first kappa shape index (κ1) is 36.8. The minimum atomic E-state index is -0.786. The number of nitrogens with zero attached hydrogens (tertiary/aromatic N) is 1. The maximum Gasteiger partial charge on any atom is 0.315 e. The molecule has 3 unspecified atom stereocenters. The number of rotatable bonds is 11. The Morgan fingerprint density at radius 1 is 1.16 bits per heavy atom. The Morgan fingerprint density at radius 3 is 2.16 bits per heavy atom. The molecule has 0 spiro atoms. The standard InChI is InChI=1S/C20H32N4O4.C4H7NO.C4H10/c1-7-8-10-14(13(2)25)22-17(26)15-11-9-12-24(15)18(27)16(20(3,4)5)23-19(28)21-6;1-2-3-5-4-6;1-3-4-2/h1,14-16H,8-12H2,2-6H3,(H,22,26)(H2,21,23,28);2,4H,1,3H2,(H,5,6);3-4H2,1-2H3.